The SMILES string of the molecule is CCCCCCCCCCCCCCCCCCC/C=C/C(O)C(COC1OC(CO)C(OC2OC(CO)C(O)C(OC3(C(=O)O)CC(O)C(NC(C)=O)C(C(O)C(O)CO)O3)C2O)C(O)C1O)NC(=O)CCCCCCCCCCCC. The summed E-state index contributed by atoms with van der Waals surface area (Å²) >= 11 is 0. The van der Waals surface area contributed by atoms with Crippen LogP contribution in [0.3, 0.4) is 0 Å². The predicted molar refractivity (Wildman–Crippen MR) is 306 cm³/mol. The standard InChI is InChI=1S/C60H110N2O21/c1-4-6-8-10-12-14-16-17-18-19-20-21-22-23-24-25-27-29-31-33-42(67)41(62-47(70)34-32-30-28-26-15-13-11-9-7-5-2)39-78-57-52(74)51(73)54(46(38-65)80-57)81-58-53(75)56(50(72)45(37-64)79-58)83-60(59(76)77)35-43(68)48(61-40(3)66)55(82-60)49(71)44(69)36-63/h31,33,41-46,48-58,63-65,67-69,71-75H,4-30,32,34-39H2,1-3H3,(H,61,66)(H,62,70)(H,76,77)/b33-31+. The number of ether oxygens (including phenoxy) is 6. The second-order valence-corrected chi connectivity index (χ2v) is 23.3. The summed E-state index contributed by atoms with van der Waals surface area (Å²) in [5, 5.41) is 135. The zero-order valence-electron chi connectivity index (χ0n) is 50.1. The van der Waals surface area contributed by atoms with Crippen molar-refractivity contribution in [3.05, 3.63) is 12.2 Å². The number of aliphatic hydroxyl groups excluding tert-OH is 11. The third-order valence-corrected chi connectivity index (χ3v) is 16.2. The third kappa shape index (κ3) is 26.4. The Morgan fingerprint density at radius 3 is 1.60 bits per heavy atom. The van der Waals surface area contributed by atoms with E-state index in [0.29, 0.717) is 12.8 Å². The normalized spacial score (nSPS) is 30.0. The molecule has 0 spiro atoms. The number of aliphatic carboxylic acids is 1. The van der Waals surface area contributed by atoms with Gasteiger partial charge in [0.1, 0.15) is 67.1 Å². The van der Waals surface area contributed by atoms with Crippen LogP contribution in [0, 0.1) is 0 Å². The molecule has 3 fully saturated rings. The summed E-state index contributed by atoms with van der Waals surface area (Å²) in [6.45, 7) is 2.09. The number of allylic oxidation sites excluding steroid dienone is 1. The molecule has 3 aliphatic rings. The van der Waals surface area contributed by atoms with Crippen molar-refractivity contribution in [1.82, 2.24) is 10.6 Å². The smallest absolute Gasteiger partial charge is 0.364 e. The van der Waals surface area contributed by atoms with Crippen molar-refractivity contribution in [3.8, 4) is 0 Å². The number of rotatable bonds is 46. The lowest BCUT2D eigenvalue weighted by Crippen LogP contribution is -2.70. The van der Waals surface area contributed by atoms with Gasteiger partial charge in [-0.2, -0.15) is 0 Å². The molecule has 0 radical (unpaired) electrons. The minimum absolute atomic E-state index is 0.203. The van der Waals surface area contributed by atoms with Crippen molar-refractivity contribution in [2.45, 2.75) is 323 Å². The van der Waals surface area contributed by atoms with Crippen molar-refractivity contribution in [3.63, 3.8) is 0 Å². The van der Waals surface area contributed by atoms with E-state index in [2.05, 4.69) is 24.5 Å². The van der Waals surface area contributed by atoms with E-state index < -0.39 is 155 Å². The molecule has 3 aliphatic heterocycles. The van der Waals surface area contributed by atoms with Crippen molar-refractivity contribution < 1.29 is 104 Å². The number of unbranched alkanes of at least 4 members (excludes halogenated alkanes) is 26. The van der Waals surface area contributed by atoms with Crippen molar-refractivity contribution >= 4 is 17.8 Å². The molecule has 18 unspecified atom stereocenters. The summed E-state index contributed by atoms with van der Waals surface area (Å²) in [5.74, 6) is -6.14. The minimum Gasteiger partial charge on any atom is -0.477 e. The number of amides is 2. The quantitative estimate of drug-likeness (QED) is 0.0306. The van der Waals surface area contributed by atoms with Gasteiger partial charge in [0.25, 0.3) is 5.79 Å². The number of carbonyl (C=O) groups excluding carboxylic acids is 2. The first-order chi connectivity index (χ1) is 39.9. The molecule has 2 amide bonds. The molecule has 0 saturated carbocycles. The number of carboxylic acid groups (broad SMARTS) is 1. The third-order valence-electron chi connectivity index (χ3n) is 16.2. The van der Waals surface area contributed by atoms with Gasteiger partial charge in [0.15, 0.2) is 12.6 Å². The first-order valence-electron chi connectivity index (χ1n) is 31.6. The Labute approximate surface area is 492 Å². The van der Waals surface area contributed by atoms with Crippen LogP contribution in [-0.4, -0.2) is 215 Å². The van der Waals surface area contributed by atoms with Gasteiger partial charge in [0, 0.05) is 19.8 Å². The van der Waals surface area contributed by atoms with E-state index in [1.807, 2.05) is 6.08 Å². The lowest BCUT2D eigenvalue weighted by molar-refractivity contribution is -0.386. The summed E-state index contributed by atoms with van der Waals surface area (Å²) in [7, 11) is 0. The Hall–Kier alpha value is -2.53. The summed E-state index contributed by atoms with van der Waals surface area (Å²) in [4.78, 5) is 38.3. The van der Waals surface area contributed by atoms with Gasteiger partial charge in [-0.3, -0.25) is 9.59 Å². The van der Waals surface area contributed by atoms with Gasteiger partial charge >= 0.3 is 5.97 Å². The fourth-order valence-corrected chi connectivity index (χ4v) is 11.1. The number of nitrogens with one attached hydrogen (secondary N) is 2. The number of carbonyl (C=O) groups is 3. The maximum atomic E-state index is 13.3. The van der Waals surface area contributed by atoms with Gasteiger partial charge in [-0.25, -0.2) is 4.79 Å². The maximum absolute atomic E-state index is 13.3. The summed E-state index contributed by atoms with van der Waals surface area (Å²) in [5.41, 5.74) is 0. The van der Waals surface area contributed by atoms with Crippen LogP contribution in [0.25, 0.3) is 0 Å². The minimum atomic E-state index is -3.08. The Morgan fingerprint density at radius 1 is 0.627 bits per heavy atom. The highest BCUT2D eigenvalue weighted by Gasteiger charge is 2.60. The lowest BCUT2D eigenvalue weighted by Gasteiger charge is -2.50. The van der Waals surface area contributed by atoms with Crippen LogP contribution < -0.4 is 10.6 Å². The molecular weight excluding hydrogens is 1080 g/mol. The molecular formula is C60H110N2O21. The second-order valence-electron chi connectivity index (χ2n) is 23.3. The summed E-state index contributed by atoms with van der Waals surface area (Å²) in [6, 6.07) is -2.61. The van der Waals surface area contributed by atoms with Crippen LogP contribution in [0.2, 0.25) is 0 Å². The van der Waals surface area contributed by atoms with E-state index in [4.69, 9.17) is 28.4 Å². The van der Waals surface area contributed by atoms with E-state index in [9.17, 15) is 75.7 Å². The Morgan fingerprint density at radius 2 is 1.12 bits per heavy atom. The van der Waals surface area contributed by atoms with Gasteiger partial charge < -0.3 is 100 Å². The number of carboxylic acids is 1. The zero-order valence-corrected chi connectivity index (χ0v) is 50.1. The van der Waals surface area contributed by atoms with Crippen LogP contribution in [0.4, 0.5) is 0 Å². The van der Waals surface area contributed by atoms with Crippen molar-refractivity contribution in [2.75, 3.05) is 26.4 Å². The van der Waals surface area contributed by atoms with Crippen LogP contribution in [0.5, 0.6) is 0 Å². The second kappa shape index (κ2) is 42.4. The Kier molecular flexibility index (Phi) is 38.1. The topological polar surface area (TPSA) is 373 Å². The molecule has 0 aromatic heterocycles. The fourth-order valence-electron chi connectivity index (χ4n) is 11.1. The molecule has 23 heteroatoms. The van der Waals surface area contributed by atoms with E-state index in [-0.39, 0.29) is 12.3 Å². The van der Waals surface area contributed by atoms with E-state index in [1.165, 1.54) is 122 Å². The fraction of sp³-hybridized carbons (Fsp3) is 0.917. The molecule has 23 nitrogen and oxygen atoms in total. The molecule has 14 N–H and O–H groups in total. The van der Waals surface area contributed by atoms with Gasteiger partial charge in [0.2, 0.25) is 11.8 Å². The molecule has 3 saturated heterocycles. The molecule has 18 atom stereocenters. The van der Waals surface area contributed by atoms with Crippen molar-refractivity contribution in [2.24, 2.45) is 0 Å². The van der Waals surface area contributed by atoms with Gasteiger partial charge in [-0.1, -0.05) is 187 Å². The summed E-state index contributed by atoms with van der Waals surface area (Å²) in [6.07, 6.45) is 7.15. The van der Waals surface area contributed by atoms with E-state index >= 15 is 0 Å². The Balaban J connectivity index is 1.64. The van der Waals surface area contributed by atoms with Crippen LogP contribution in [0.15, 0.2) is 12.2 Å². The summed E-state index contributed by atoms with van der Waals surface area (Å²) < 4.78 is 34.7. The molecule has 3 heterocycles. The largest absolute Gasteiger partial charge is 0.477 e. The van der Waals surface area contributed by atoms with Gasteiger partial charge in [0.05, 0.1) is 50.7 Å². The Bertz CT molecular complexity index is 1750. The predicted octanol–water partition coefficient (Wildman–Crippen LogP) is 3.56. The molecule has 0 bridgehead atoms. The van der Waals surface area contributed by atoms with Gasteiger partial charge in [-0.15, -0.1) is 0 Å². The van der Waals surface area contributed by atoms with E-state index in [0.717, 1.165) is 51.9 Å². The molecule has 3 rings (SSSR count). The van der Waals surface area contributed by atoms with Crippen LogP contribution >= 0.6 is 0 Å². The monoisotopic (exact) mass is 1190 g/mol. The van der Waals surface area contributed by atoms with Gasteiger partial charge in [-0.05, 0) is 19.3 Å². The van der Waals surface area contributed by atoms with Crippen LogP contribution in [0.1, 0.15) is 213 Å². The molecule has 0 aromatic carbocycles. The molecule has 486 valence electrons. The molecule has 0 aromatic rings. The lowest BCUT2D eigenvalue weighted by atomic mass is 9.88. The average Bonchev–Trinajstić information content (AvgIpc) is 3.65. The van der Waals surface area contributed by atoms with Crippen molar-refractivity contribution in [1.29, 1.82) is 0 Å². The maximum Gasteiger partial charge on any atom is 0.364 e. The number of hydrogen-bond donors (Lipinski definition) is 14. The zero-order chi connectivity index (χ0) is 61.2. The van der Waals surface area contributed by atoms with E-state index in [1.54, 1.807) is 6.08 Å². The van der Waals surface area contributed by atoms with Crippen LogP contribution in [-0.2, 0) is 42.8 Å². The highest BCUT2D eigenvalue weighted by Crippen LogP contribution is 2.38. The number of hydrogen-bond acceptors (Lipinski definition) is 20. The molecule has 83 heavy (non-hydrogen) atoms. The number of aliphatic hydroxyl groups is 11. The highest BCUT2D eigenvalue weighted by molar-refractivity contribution is 5.77. The first-order valence-corrected chi connectivity index (χ1v) is 31.6. The molecule has 0 aliphatic carbocycles. The highest BCUT2D eigenvalue weighted by atomic mass is 16.8. The first kappa shape index (κ1) is 74.7. The average molecular weight is 1200 g/mol.